The van der Waals surface area contributed by atoms with Gasteiger partial charge in [0.15, 0.2) is 0 Å². The Bertz CT molecular complexity index is 432. The monoisotopic (exact) mass is 261 g/mol. The smallest absolute Gasteiger partial charge is 0.120 e. The van der Waals surface area contributed by atoms with Crippen molar-refractivity contribution in [1.82, 2.24) is 4.90 Å². The molecule has 3 nitrogen and oxygen atoms in total. The fraction of sp³-hybridized carbons (Fsp3) is 0.500. The summed E-state index contributed by atoms with van der Waals surface area (Å²) in [5.41, 5.74) is 0.864. The van der Waals surface area contributed by atoms with Gasteiger partial charge in [0, 0.05) is 18.2 Å². The fourth-order valence-electron chi connectivity index (χ4n) is 1.87. The van der Waals surface area contributed by atoms with E-state index in [1.165, 1.54) is 0 Å². The Morgan fingerprint density at radius 1 is 1.37 bits per heavy atom. The number of nitrogens with zero attached hydrogens (tertiary/aromatic N) is 1. The van der Waals surface area contributed by atoms with Crippen LogP contribution in [0.25, 0.3) is 0 Å². The first-order valence-corrected chi connectivity index (χ1v) is 6.74. The normalized spacial score (nSPS) is 10.4. The number of rotatable bonds is 6. The highest BCUT2D eigenvalue weighted by molar-refractivity contribution is 5.39. The van der Waals surface area contributed by atoms with Crippen LogP contribution in [0.3, 0.4) is 0 Å². The summed E-state index contributed by atoms with van der Waals surface area (Å²) in [7, 11) is 0. The van der Waals surface area contributed by atoms with E-state index in [-0.39, 0.29) is 6.61 Å². The minimum atomic E-state index is -0.120. The van der Waals surface area contributed by atoms with Crippen LogP contribution in [0.1, 0.15) is 26.3 Å². The summed E-state index contributed by atoms with van der Waals surface area (Å²) in [4.78, 5) is 2.36. The van der Waals surface area contributed by atoms with Crippen molar-refractivity contribution < 1.29 is 9.84 Å². The number of aliphatic hydroxyl groups excluding tert-OH is 1. The topological polar surface area (TPSA) is 32.7 Å². The molecule has 0 saturated heterocycles. The molecule has 3 heteroatoms. The van der Waals surface area contributed by atoms with E-state index < -0.39 is 0 Å². The van der Waals surface area contributed by atoms with Crippen molar-refractivity contribution in [3.05, 3.63) is 29.8 Å². The molecule has 0 atom stereocenters. The maximum absolute atomic E-state index is 8.67. The minimum absolute atomic E-state index is 0.120. The quantitative estimate of drug-likeness (QED) is 0.796. The van der Waals surface area contributed by atoms with Crippen molar-refractivity contribution in [1.29, 1.82) is 0 Å². The zero-order valence-electron chi connectivity index (χ0n) is 12.0. The first kappa shape index (κ1) is 15.6. The van der Waals surface area contributed by atoms with Crippen molar-refractivity contribution >= 4 is 0 Å². The molecule has 0 aliphatic carbocycles. The molecule has 1 N–H and O–H groups in total. The molecule has 0 bridgehead atoms. The molecule has 0 heterocycles. The van der Waals surface area contributed by atoms with E-state index in [2.05, 4.69) is 37.5 Å². The van der Waals surface area contributed by atoms with E-state index in [0.29, 0.717) is 12.6 Å². The summed E-state index contributed by atoms with van der Waals surface area (Å²) in [6, 6.07) is 8.18. The van der Waals surface area contributed by atoms with Crippen LogP contribution < -0.4 is 4.74 Å². The lowest BCUT2D eigenvalue weighted by Crippen LogP contribution is -2.34. The highest BCUT2D eigenvalue weighted by Crippen LogP contribution is 2.12. The molecule has 0 saturated carbocycles. The van der Waals surface area contributed by atoms with Crippen molar-refractivity contribution in [2.75, 3.05) is 26.3 Å². The fourth-order valence-corrected chi connectivity index (χ4v) is 1.87. The van der Waals surface area contributed by atoms with Crippen molar-refractivity contribution in [2.45, 2.75) is 26.8 Å². The summed E-state index contributed by atoms with van der Waals surface area (Å²) < 4.78 is 5.74. The molecule has 1 aromatic carbocycles. The number of hydrogen-bond acceptors (Lipinski definition) is 3. The van der Waals surface area contributed by atoms with Crippen LogP contribution >= 0.6 is 0 Å². The highest BCUT2D eigenvalue weighted by atomic mass is 16.5. The molecule has 0 fully saturated rings. The van der Waals surface area contributed by atoms with E-state index in [9.17, 15) is 0 Å². The van der Waals surface area contributed by atoms with E-state index in [1.807, 2.05) is 24.3 Å². The Morgan fingerprint density at radius 3 is 2.79 bits per heavy atom. The average Bonchev–Trinajstić information content (AvgIpc) is 2.41. The maximum atomic E-state index is 8.67. The van der Waals surface area contributed by atoms with Crippen LogP contribution in [-0.2, 0) is 0 Å². The van der Waals surface area contributed by atoms with Crippen LogP contribution in [0, 0.1) is 11.8 Å². The van der Waals surface area contributed by atoms with Crippen LogP contribution in [0.4, 0.5) is 0 Å². The lowest BCUT2D eigenvalue weighted by Gasteiger charge is -2.24. The number of benzene rings is 1. The van der Waals surface area contributed by atoms with E-state index >= 15 is 0 Å². The molecule has 0 aliphatic heterocycles. The van der Waals surface area contributed by atoms with Crippen LogP contribution in [0.5, 0.6) is 5.75 Å². The summed E-state index contributed by atoms with van der Waals surface area (Å²) >= 11 is 0. The molecule has 1 rings (SSSR count). The van der Waals surface area contributed by atoms with Gasteiger partial charge in [-0.25, -0.2) is 0 Å². The third-order valence-electron chi connectivity index (χ3n) is 2.93. The van der Waals surface area contributed by atoms with Crippen molar-refractivity contribution in [3.8, 4) is 17.6 Å². The predicted octanol–water partition coefficient (Wildman–Crippen LogP) is 2.14. The zero-order valence-corrected chi connectivity index (χ0v) is 12.0. The van der Waals surface area contributed by atoms with Gasteiger partial charge in [-0.2, -0.15) is 0 Å². The van der Waals surface area contributed by atoms with Crippen molar-refractivity contribution in [2.24, 2.45) is 0 Å². The molecule has 0 aromatic heterocycles. The highest BCUT2D eigenvalue weighted by Gasteiger charge is 2.06. The number of aliphatic hydroxyl groups is 1. The molecule has 0 unspecified atom stereocenters. The van der Waals surface area contributed by atoms with Gasteiger partial charge < -0.3 is 9.84 Å². The van der Waals surface area contributed by atoms with Gasteiger partial charge in [0.25, 0.3) is 0 Å². The van der Waals surface area contributed by atoms with E-state index in [1.54, 1.807) is 0 Å². The third-order valence-corrected chi connectivity index (χ3v) is 2.93. The van der Waals surface area contributed by atoms with Crippen LogP contribution in [0.15, 0.2) is 24.3 Å². The second kappa shape index (κ2) is 8.58. The summed E-state index contributed by atoms with van der Waals surface area (Å²) in [5, 5.41) is 8.67. The van der Waals surface area contributed by atoms with Crippen molar-refractivity contribution in [3.63, 3.8) is 0 Å². The Kier molecular flexibility index (Phi) is 7.02. The Hall–Kier alpha value is -1.50. The second-order valence-corrected chi connectivity index (χ2v) is 4.56. The molecule has 19 heavy (non-hydrogen) atoms. The van der Waals surface area contributed by atoms with Gasteiger partial charge >= 0.3 is 0 Å². The summed E-state index contributed by atoms with van der Waals surface area (Å²) in [6.07, 6.45) is 0. The SMILES string of the molecule is CCN(CCOc1cccc(C#CCO)c1)C(C)C. The molecular formula is C16H23NO2. The van der Waals surface area contributed by atoms with E-state index in [0.717, 1.165) is 24.4 Å². The molecule has 0 aliphatic rings. The first-order valence-electron chi connectivity index (χ1n) is 6.74. The predicted molar refractivity (Wildman–Crippen MR) is 78.3 cm³/mol. The largest absolute Gasteiger partial charge is 0.492 e. The maximum Gasteiger partial charge on any atom is 0.120 e. The minimum Gasteiger partial charge on any atom is -0.492 e. The molecule has 104 valence electrons. The van der Waals surface area contributed by atoms with Crippen LogP contribution in [-0.4, -0.2) is 42.4 Å². The Balaban J connectivity index is 2.49. The third kappa shape index (κ3) is 5.78. The van der Waals surface area contributed by atoms with E-state index in [4.69, 9.17) is 9.84 Å². The van der Waals surface area contributed by atoms with Gasteiger partial charge in [-0.05, 0) is 38.6 Å². The molecule has 0 amide bonds. The zero-order chi connectivity index (χ0) is 14.1. The van der Waals surface area contributed by atoms with Gasteiger partial charge in [0.05, 0.1) is 0 Å². The first-order chi connectivity index (χ1) is 9.17. The van der Waals surface area contributed by atoms with Crippen LogP contribution in [0.2, 0.25) is 0 Å². The number of hydrogen-bond donors (Lipinski definition) is 1. The average molecular weight is 261 g/mol. The lowest BCUT2D eigenvalue weighted by atomic mass is 10.2. The number of ether oxygens (including phenoxy) is 1. The number of likely N-dealkylation sites (N-methyl/N-ethyl adjacent to an activating group) is 1. The molecular weight excluding hydrogens is 238 g/mol. The second-order valence-electron chi connectivity index (χ2n) is 4.56. The van der Waals surface area contributed by atoms with Gasteiger partial charge in [0.2, 0.25) is 0 Å². The Morgan fingerprint density at radius 2 is 2.16 bits per heavy atom. The Labute approximate surface area is 116 Å². The lowest BCUT2D eigenvalue weighted by molar-refractivity contribution is 0.183. The summed E-state index contributed by atoms with van der Waals surface area (Å²) in [5.74, 6) is 6.33. The molecule has 0 radical (unpaired) electrons. The van der Waals surface area contributed by atoms with Gasteiger partial charge in [-0.1, -0.05) is 24.8 Å². The van der Waals surface area contributed by atoms with Gasteiger partial charge in [0.1, 0.15) is 19.0 Å². The van der Waals surface area contributed by atoms with Gasteiger partial charge in [-0.15, -0.1) is 0 Å². The van der Waals surface area contributed by atoms with Gasteiger partial charge in [-0.3, -0.25) is 4.90 Å². The summed E-state index contributed by atoms with van der Waals surface area (Å²) in [6.45, 7) is 9.03. The molecule has 0 spiro atoms. The molecule has 1 aromatic rings. The standard InChI is InChI=1S/C16H23NO2/c1-4-17(14(2)3)10-12-19-16-9-5-7-15(13-16)8-6-11-18/h5,7,9,13-14,18H,4,10-12H2,1-3H3.